The maximum Gasteiger partial charge on any atom is 0.339 e. The summed E-state index contributed by atoms with van der Waals surface area (Å²) in [7, 11) is 0. The SMILES string of the molecule is O=C(O)c1cc(C(=O)O)c(C(=O)OCCS)cc1C(=O)OCCS. The molecule has 0 radical (unpaired) electrons. The third-order valence-corrected chi connectivity index (χ3v) is 3.07. The summed E-state index contributed by atoms with van der Waals surface area (Å²) in [6, 6.07) is 1.56. The highest BCUT2D eigenvalue weighted by molar-refractivity contribution is 7.80. The van der Waals surface area contributed by atoms with Crippen LogP contribution in [0.25, 0.3) is 0 Å². The van der Waals surface area contributed by atoms with E-state index in [1.54, 1.807) is 0 Å². The van der Waals surface area contributed by atoms with Gasteiger partial charge in [-0.3, -0.25) is 0 Å². The standard InChI is InChI=1S/C14H14O8S2/c15-11(16)7-5-8(12(17)18)10(14(20)22-2-4-24)6-9(7)13(19)21-1-3-23/h5-6,23-24H,1-4H2,(H,15,16)(H,17,18). The highest BCUT2D eigenvalue weighted by Gasteiger charge is 2.26. The van der Waals surface area contributed by atoms with Crippen LogP contribution in [0.2, 0.25) is 0 Å². The summed E-state index contributed by atoms with van der Waals surface area (Å²) in [4.78, 5) is 46.5. The molecular weight excluding hydrogens is 360 g/mol. The number of ether oxygens (including phenoxy) is 2. The number of carboxylic acid groups (broad SMARTS) is 2. The van der Waals surface area contributed by atoms with E-state index in [-0.39, 0.29) is 24.7 Å². The number of benzene rings is 1. The summed E-state index contributed by atoms with van der Waals surface area (Å²) in [6.45, 7) is -0.164. The highest BCUT2D eigenvalue weighted by Crippen LogP contribution is 2.20. The zero-order valence-electron chi connectivity index (χ0n) is 12.2. The summed E-state index contributed by atoms with van der Waals surface area (Å²) in [5, 5.41) is 18.4. The normalized spacial score (nSPS) is 10.1. The van der Waals surface area contributed by atoms with Crippen LogP contribution in [0.15, 0.2) is 12.1 Å². The van der Waals surface area contributed by atoms with Gasteiger partial charge in [0.05, 0.1) is 22.3 Å². The molecule has 0 saturated carbocycles. The number of carbonyl (C=O) groups excluding carboxylic acids is 2. The maximum absolute atomic E-state index is 12.0. The Bertz CT molecular complexity index is 618. The monoisotopic (exact) mass is 374 g/mol. The van der Waals surface area contributed by atoms with Crippen molar-refractivity contribution >= 4 is 49.1 Å². The van der Waals surface area contributed by atoms with E-state index in [2.05, 4.69) is 25.3 Å². The lowest BCUT2D eigenvalue weighted by molar-refractivity contribution is 0.0509. The van der Waals surface area contributed by atoms with Crippen molar-refractivity contribution in [2.75, 3.05) is 24.7 Å². The van der Waals surface area contributed by atoms with Crippen LogP contribution in [0.1, 0.15) is 41.4 Å². The summed E-state index contributed by atoms with van der Waals surface area (Å²) in [6.07, 6.45) is 0. The Balaban J connectivity index is 3.45. The van der Waals surface area contributed by atoms with Crippen molar-refractivity contribution in [2.24, 2.45) is 0 Å². The Labute approximate surface area is 147 Å². The lowest BCUT2D eigenvalue weighted by Crippen LogP contribution is -2.19. The molecule has 0 aliphatic heterocycles. The van der Waals surface area contributed by atoms with Crippen molar-refractivity contribution in [1.29, 1.82) is 0 Å². The fraction of sp³-hybridized carbons (Fsp3) is 0.286. The van der Waals surface area contributed by atoms with Crippen LogP contribution in [-0.2, 0) is 9.47 Å². The first-order chi connectivity index (χ1) is 11.3. The second-order valence-electron chi connectivity index (χ2n) is 4.27. The second-order valence-corrected chi connectivity index (χ2v) is 5.17. The highest BCUT2D eigenvalue weighted by atomic mass is 32.1. The molecule has 0 aliphatic carbocycles. The Morgan fingerprint density at radius 3 is 1.38 bits per heavy atom. The number of hydrogen-bond donors (Lipinski definition) is 4. The van der Waals surface area contributed by atoms with Crippen molar-refractivity contribution in [1.82, 2.24) is 0 Å². The van der Waals surface area contributed by atoms with E-state index in [0.29, 0.717) is 0 Å². The number of hydrogen-bond acceptors (Lipinski definition) is 8. The first kappa shape index (κ1) is 19.8. The van der Waals surface area contributed by atoms with Crippen LogP contribution in [0, 0.1) is 0 Å². The molecule has 1 aromatic rings. The first-order valence-corrected chi connectivity index (χ1v) is 7.80. The van der Waals surface area contributed by atoms with Gasteiger partial charge in [-0.15, -0.1) is 0 Å². The molecule has 1 aromatic carbocycles. The zero-order chi connectivity index (χ0) is 18.3. The molecule has 0 bridgehead atoms. The Morgan fingerprint density at radius 1 is 0.750 bits per heavy atom. The maximum atomic E-state index is 12.0. The van der Waals surface area contributed by atoms with Gasteiger partial charge in [-0.2, -0.15) is 25.3 Å². The van der Waals surface area contributed by atoms with E-state index in [9.17, 15) is 29.4 Å². The Morgan fingerprint density at radius 2 is 1.08 bits per heavy atom. The molecule has 2 N–H and O–H groups in total. The molecule has 0 fully saturated rings. The molecule has 8 nitrogen and oxygen atoms in total. The molecule has 0 amide bonds. The van der Waals surface area contributed by atoms with Crippen LogP contribution in [-0.4, -0.2) is 58.8 Å². The number of rotatable bonds is 8. The van der Waals surface area contributed by atoms with Crippen LogP contribution in [0.5, 0.6) is 0 Å². The third-order valence-electron chi connectivity index (χ3n) is 2.71. The average molecular weight is 374 g/mol. The lowest BCUT2D eigenvalue weighted by Gasteiger charge is -2.11. The van der Waals surface area contributed by atoms with Crippen molar-refractivity contribution in [3.63, 3.8) is 0 Å². The smallest absolute Gasteiger partial charge is 0.339 e. The van der Waals surface area contributed by atoms with Gasteiger partial charge >= 0.3 is 23.9 Å². The Hall–Kier alpha value is -2.20. The predicted molar refractivity (Wildman–Crippen MR) is 88.6 cm³/mol. The minimum atomic E-state index is -1.54. The molecule has 24 heavy (non-hydrogen) atoms. The van der Waals surface area contributed by atoms with Gasteiger partial charge in [0.15, 0.2) is 0 Å². The second kappa shape index (κ2) is 9.18. The van der Waals surface area contributed by atoms with E-state index in [1.807, 2.05) is 0 Å². The fourth-order valence-electron chi connectivity index (χ4n) is 1.72. The molecule has 0 heterocycles. The largest absolute Gasteiger partial charge is 0.478 e. The molecule has 0 spiro atoms. The molecule has 0 saturated heterocycles. The van der Waals surface area contributed by atoms with E-state index in [0.717, 1.165) is 12.1 Å². The zero-order valence-corrected chi connectivity index (χ0v) is 14.0. The van der Waals surface area contributed by atoms with Gasteiger partial charge in [-0.05, 0) is 12.1 Å². The van der Waals surface area contributed by atoms with Gasteiger partial charge in [0, 0.05) is 11.5 Å². The van der Waals surface area contributed by atoms with Crippen molar-refractivity contribution in [3.05, 3.63) is 34.4 Å². The van der Waals surface area contributed by atoms with Crippen LogP contribution in [0.4, 0.5) is 0 Å². The van der Waals surface area contributed by atoms with Gasteiger partial charge in [0.25, 0.3) is 0 Å². The predicted octanol–water partition coefficient (Wildman–Crippen LogP) is 1.26. The lowest BCUT2D eigenvalue weighted by atomic mass is 9.98. The van der Waals surface area contributed by atoms with Crippen molar-refractivity contribution in [2.45, 2.75) is 0 Å². The fourth-order valence-corrected chi connectivity index (χ4v) is 1.91. The topological polar surface area (TPSA) is 127 Å². The average Bonchev–Trinajstić information content (AvgIpc) is 2.55. The summed E-state index contributed by atoms with van der Waals surface area (Å²) >= 11 is 7.71. The van der Waals surface area contributed by atoms with Crippen molar-refractivity contribution < 1.29 is 38.9 Å². The number of carbonyl (C=O) groups is 4. The molecule has 0 aliphatic rings. The first-order valence-electron chi connectivity index (χ1n) is 6.54. The molecule has 1 rings (SSSR count). The van der Waals surface area contributed by atoms with E-state index in [1.165, 1.54) is 0 Å². The Kier molecular flexibility index (Phi) is 7.59. The van der Waals surface area contributed by atoms with Crippen LogP contribution >= 0.6 is 25.3 Å². The van der Waals surface area contributed by atoms with E-state index < -0.39 is 46.1 Å². The molecule has 0 atom stereocenters. The number of esters is 2. The van der Waals surface area contributed by atoms with Crippen LogP contribution in [0.3, 0.4) is 0 Å². The van der Waals surface area contributed by atoms with Crippen LogP contribution < -0.4 is 0 Å². The van der Waals surface area contributed by atoms with E-state index in [4.69, 9.17) is 9.47 Å². The number of carboxylic acids is 2. The molecule has 130 valence electrons. The number of aromatic carboxylic acids is 2. The van der Waals surface area contributed by atoms with Gasteiger partial charge in [0.2, 0.25) is 0 Å². The third kappa shape index (κ3) is 4.90. The summed E-state index contributed by atoms with van der Waals surface area (Å²) < 4.78 is 9.59. The van der Waals surface area contributed by atoms with E-state index >= 15 is 0 Å². The number of thiol groups is 2. The quantitative estimate of drug-likeness (QED) is 0.396. The van der Waals surface area contributed by atoms with Crippen molar-refractivity contribution in [3.8, 4) is 0 Å². The van der Waals surface area contributed by atoms with Gasteiger partial charge in [-0.1, -0.05) is 0 Å². The van der Waals surface area contributed by atoms with Gasteiger partial charge in [-0.25, -0.2) is 19.2 Å². The molecule has 0 unspecified atom stereocenters. The minimum Gasteiger partial charge on any atom is -0.478 e. The summed E-state index contributed by atoms with van der Waals surface area (Å²) in [5.74, 6) is -4.68. The molecule has 0 aromatic heterocycles. The minimum absolute atomic E-state index is 0.0822. The molecule has 10 heteroatoms. The van der Waals surface area contributed by atoms with Gasteiger partial charge in [0.1, 0.15) is 13.2 Å². The van der Waals surface area contributed by atoms with Gasteiger partial charge < -0.3 is 19.7 Å². The summed E-state index contributed by atoms with van der Waals surface area (Å²) in [5.41, 5.74) is -2.09. The molecular formula is C14H14O8S2.